The zero-order valence-corrected chi connectivity index (χ0v) is 11.6. The maximum atomic E-state index is 12.4. The third kappa shape index (κ3) is 1.58. The van der Waals surface area contributed by atoms with Crippen LogP contribution in [0.4, 0.5) is 0 Å². The molecule has 0 radical (unpaired) electrons. The number of benzene rings is 1. The van der Waals surface area contributed by atoms with Crippen molar-refractivity contribution >= 4 is 5.91 Å². The van der Waals surface area contributed by atoms with Crippen molar-refractivity contribution in [3.05, 3.63) is 33.9 Å². The average molecular weight is 231 g/mol. The molecule has 1 amide bonds. The normalized spacial score (nSPS) is 23.9. The quantitative estimate of drug-likeness (QED) is 0.671. The van der Waals surface area contributed by atoms with Gasteiger partial charge in [0.1, 0.15) is 0 Å². The topological polar surface area (TPSA) is 20.3 Å². The van der Waals surface area contributed by atoms with E-state index in [2.05, 4.69) is 40.7 Å². The van der Waals surface area contributed by atoms with Crippen LogP contribution >= 0.6 is 0 Å². The highest BCUT2D eigenvalue weighted by Crippen LogP contribution is 2.35. The first-order valence-corrected chi connectivity index (χ1v) is 6.24. The fourth-order valence-electron chi connectivity index (χ4n) is 2.71. The molecule has 2 heteroatoms. The average Bonchev–Trinajstić information content (AvgIpc) is 2.30. The Morgan fingerprint density at radius 1 is 1.12 bits per heavy atom. The van der Waals surface area contributed by atoms with Crippen molar-refractivity contribution in [3.8, 4) is 0 Å². The van der Waals surface area contributed by atoms with Gasteiger partial charge in [0.25, 0.3) is 5.91 Å². The summed E-state index contributed by atoms with van der Waals surface area (Å²) in [5.41, 5.74) is 5.84. The molecule has 0 spiro atoms. The smallest absolute Gasteiger partial charge is 0.254 e. The van der Waals surface area contributed by atoms with E-state index in [1.54, 1.807) is 0 Å². The molecule has 1 aliphatic heterocycles. The summed E-state index contributed by atoms with van der Waals surface area (Å²) in [5.74, 6) is 0.580. The molecule has 0 bridgehead atoms. The van der Waals surface area contributed by atoms with Crippen molar-refractivity contribution in [3.63, 3.8) is 0 Å². The fraction of sp³-hybridized carbons (Fsp3) is 0.533. The number of likely N-dealkylation sites (N-methyl/N-ethyl adjacent to an activating group) is 1. The summed E-state index contributed by atoms with van der Waals surface area (Å²) in [4.78, 5) is 14.3. The zero-order chi connectivity index (χ0) is 12.9. The molecule has 1 heterocycles. The summed E-state index contributed by atoms with van der Waals surface area (Å²) < 4.78 is 0. The first-order chi connectivity index (χ1) is 7.86. The molecule has 17 heavy (non-hydrogen) atoms. The molecule has 0 saturated heterocycles. The molecular formula is C15H21NO. The second-order valence-electron chi connectivity index (χ2n) is 5.35. The molecule has 0 N–H and O–H groups in total. The Morgan fingerprint density at radius 3 is 2.29 bits per heavy atom. The van der Waals surface area contributed by atoms with Gasteiger partial charge in [-0.2, -0.15) is 0 Å². The zero-order valence-electron chi connectivity index (χ0n) is 11.6. The monoisotopic (exact) mass is 231 g/mol. The third-order valence-corrected chi connectivity index (χ3v) is 4.55. The Kier molecular flexibility index (Phi) is 2.76. The maximum absolute atomic E-state index is 12.4. The lowest BCUT2D eigenvalue weighted by Crippen LogP contribution is -2.43. The number of carbonyl (C=O) groups is 1. The first kappa shape index (κ1) is 12.2. The maximum Gasteiger partial charge on any atom is 0.254 e. The Balaban J connectivity index is 2.74. The SMILES string of the molecule is Cc1cc2c(c(C)c1C)C(=O)N(C)C(C)C2C. The van der Waals surface area contributed by atoms with E-state index >= 15 is 0 Å². The second kappa shape index (κ2) is 3.86. The highest BCUT2D eigenvalue weighted by Gasteiger charge is 2.34. The number of carbonyl (C=O) groups excluding carboxylic acids is 1. The molecule has 2 nitrogen and oxygen atoms in total. The van der Waals surface area contributed by atoms with Gasteiger partial charge >= 0.3 is 0 Å². The number of hydrogen-bond donors (Lipinski definition) is 0. The molecule has 92 valence electrons. The molecule has 2 unspecified atom stereocenters. The van der Waals surface area contributed by atoms with Gasteiger partial charge in [0, 0.05) is 24.6 Å². The minimum atomic E-state index is 0.172. The van der Waals surface area contributed by atoms with Crippen molar-refractivity contribution < 1.29 is 4.79 Å². The standard InChI is InChI=1S/C15H21NO/c1-8-7-13-11(4)12(5)16(6)15(17)14(13)10(3)9(8)2/h7,11-12H,1-6H3. The van der Waals surface area contributed by atoms with Gasteiger partial charge in [0.05, 0.1) is 0 Å². The van der Waals surface area contributed by atoms with Crippen molar-refractivity contribution in [2.24, 2.45) is 0 Å². The lowest BCUT2D eigenvalue weighted by atomic mass is 9.81. The number of nitrogens with zero attached hydrogens (tertiary/aromatic N) is 1. The van der Waals surface area contributed by atoms with Crippen LogP contribution in [0.15, 0.2) is 6.07 Å². The summed E-state index contributed by atoms with van der Waals surface area (Å²) >= 11 is 0. The molecule has 2 atom stereocenters. The molecule has 1 aromatic carbocycles. The lowest BCUT2D eigenvalue weighted by Gasteiger charge is -2.38. The lowest BCUT2D eigenvalue weighted by molar-refractivity contribution is 0.0696. The van der Waals surface area contributed by atoms with Crippen molar-refractivity contribution in [2.75, 3.05) is 7.05 Å². The minimum absolute atomic E-state index is 0.172. The van der Waals surface area contributed by atoms with Crippen molar-refractivity contribution in [1.82, 2.24) is 4.90 Å². The Hall–Kier alpha value is -1.31. The summed E-state index contributed by atoms with van der Waals surface area (Å²) in [7, 11) is 1.90. The molecule has 2 rings (SSSR count). The number of hydrogen-bond acceptors (Lipinski definition) is 1. The molecule has 0 saturated carbocycles. The predicted octanol–water partition coefficient (Wildman–Crippen LogP) is 3.19. The van der Waals surface area contributed by atoms with Gasteiger partial charge in [-0.05, 0) is 49.9 Å². The van der Waals surface area contributed by atoms with Gasteiger partial charge < -0.3 is 4.90 Å². The Labute approximate surface area is 104 Å². The highest BCUT2D eigenvalue weighted by atomic mass is 16.2. The van der Waals surface area contributed by atoms with E-state index in [1.807, 2.05) is 11.9 Å². The van der Waals surface area contributed by atoms with Gasteiger partial charge in [-0.15, -0.1) is 0 Å². The highest BCUT2D eigenvalue weighted by molar-refractivity contribution is 5.99. The largest absolute Gasteiger partial charge is 0.338 e. The van der Waals surface area contributed by atoms with E-state index in [1.165, 1.54) is 16.7 Å². The predicted molar refractivity (Wildman–Crippen MR) is 70.6 cm³/mol. The van der Waals surface area contributed by atoms with Gasteiger partial charge in [-0.25, -0.2) is 0 Å². The van der Waals surface area contributed by atoms with Crippen LogP contribution in [-0.2, 0) is 0 Å². The Morgan fingerprint density at radius 2 is 1.71 bits per heavy atom. The molecule has 0 aromatic heterocycles. The Bertz CT molecular complexity index is 490. The van der Waals surface area contributed by atoms with Crippen LogP contribution in [-0.4, -0.2) is 23.9 Å². The van der Waals surface area contributed by atoms with Gasteiger partial charge in [0.15, 0.2) is 0 Å². The van der Waals surface area contributed by atoms with E-state index in [-0.39, 0.29) is 11.9 Å². The van der Waals surface area contributed by atoms with Crippen molar-refractivity contribution in [1.29, 1.82) is 0 Å². The second-order valence-corrected chi connectivity index (χ2v) is 5.35. The number of aryl methyl sites for hydroxylation is 1. The summed E-state index contributed by atoms with van der Waals surface area (Å²) in [5, 5.41) is 0. The van der Waals surface area contributed by atoms with Crippen LogP contribution in [0.25, 0.3) is 0 Å². The van der Waals surface area contributed by atoms with Crippen LogP contribution in [0.5, 0.6) is 0 Å². The number of amides is 1. The van der Waals surface area contributed by atoms with E-state index in [9.17, 15) is 4.79 Å². The van der Waals surface area contributed by atoms with Crippen LogP contribution in [0, 0.1) is 20.8 Å². The van der Waals surface area contributed by atoms with E-state index < -0.39 is 0 Å². The molecule has 0 fully saturated rings. The van der Waals surface area contributed by atoms with E-state index in [0.717, 1.165) is 11.1 Å². The molecule has 1 aliphatic rings. The van der Waals surface area contributed by atoms with Gasteiger partial charge in [-0.3, -0.25) is 4.79 Å². The van der Waals surface area contributed by atoms with Crippen LogP contribution in [0.1, 0.15) is 52.4 Å². The third-order valence-electron chi connectivity index (χ3n) is 4.55. The fourth-order valence-corrected chi connectivity index (χ4v) is 2.71. The number of rotatable bonds is 0. The molecule has 1 aromatic rings. The van der Waals surface area contributed by atoms with Crippen LogP contribution in [0.3, 0.4) is 0 Å². The number of fused-ring (bicyclic) bond motifs is 1. The van der Waals surface area contributed by atoms with Crippen LogP contribution in [0.2, 0.25) is 0 Å². The first-order valence-electron chi connectivity index (χ1n) is 6.24. The van der Waals surface area contributed by atoms with Crippen molar-refractivity contribution in [2.45, 2.75) is 46.6 Å². The van der Waals surface area contributed by atoms with Gasteiger partial charge in [0.2, 0.25) is 0 Å². The summed E-state index contributed by atoms with van der Waals surface area (Å²) in [6.07, 6.45) is 0. The van der Waals surface area contributed by atoms with Crippen LogP contribution < -0.4 is 0 Å². The molecule has 0 aliphatic carbocycles. The van der Waals surface area contributed by atoms with E-state index in [4.69, 9.17) is 0 Å². The summed E-state index contributed by atoms with van der Waals surface area (Å²) in [6.45, 7) is 10.6. The summed E-state index contributed by atoms with van der Waals surface area (Å²) in [6, 6.07) is 2.47. The van der Waals surface area contributed by atoms with Gasteiger partial charge in [-0.1, -0.05) is 13.0 Å². The molecular weight excluding hydrogens is 210 g/mol. The van der Waals surface area contributed by atoms with E-state index in [0.29, 0.717) is 5.92 Å². The minimum Gasteiger partial charge on any atom is -0.338 e.